The molecular weight excluding hydrogens is 442 g/mol. The van der Waals surface area contributed by atoms with Crippen molar-refractivity contribution in [2.24, 2.45) is 0 Å². The number of rotatable bonds is 10. The predicted octanol–water partition coefficient (Wildman–Crippen LogP) is 3.71. The summed E-state index contributed by atoms with van der Waals surface area (Å²) in [5.74, 6) is 1.12. The highest BCUT2D eigenvalue weighted by Gasteiger charge is 2.28. The van der Waals surface area contributed by atoms with Gasteiger partial charge in [-0.05, 0) is 56.3 Å². The zero-order valence-electron chi connectivity index (χ0n) is 18.7. The molecule has 1 aliphatic heterocycles. The van der Waals surface area contributed by atoms with Crippen LogP contribution in [-0.2, 0) is 14.6 Å². The highest BCUT2D eigenvalue weighted by Crippen LogP contribution is 2.33. The molecule has 0 aliphatic carbocycles. The van der Waals surface area contributed by atoms with E-state index in [9.17, 15) is 8.42 Å². The number of ether oxygens (including phenoxy) is 2. The topological polar surface area (TPSA) is 93.9 Å². The number of sulfone groups is 1. The smallest absolute Gasteiger partial charge is 0.233 e. The van der Waals surface area contributed by atoms with Crippen molar-refractivity contribution >= 4 is 15.7 Å². The van der Waals surface area contributed by atoms with Gasteiger partial charge in [0, 0.05) is 25.2 Å². The third-order valence-corrected chi connectivity index (χ3v) is 7.04. The molecule has 0 amide bonds. The second-order valence-electron chi connectivity index (χ2n) is 7.66. The van der Waals surface area contributed by atoms with Crippen LogP contribution in [-0.4, -0.2) is 64.3 Å². The van der Waals surface area contributed by atoms with Crippen LogP contribution in [0.25, 0.3) is 11.5 Å². The average molecular weight is 472 g/mol. The van der Waals surface area contributed by atoms with E-state index in [1.54, 1.807) is 42.5 Å². The van der Waals surface area contributed by atoms with Crippen LogP contribution in [0.3, 0.4) is 0 Å². The first-order valence-corrected chi connectivity index (χ1v) is 12.6. The van der Waals surface area contributed by atoms with Gasteiger partial charge in [-0.3, -0.25) is 4.90 Å². The fourth-order valence-corrected chi connectivity index (χ4v) is 4.92. The van der Waals surface area contributed by atoms with E-state index >= 15 is 0 Å². The van der Waals surface area contributed by atoms with E-state index in [0.717, 1.165) is 45.0 Å². The number of oxazole rings is 1. The molecule has 0 bridgehead atoms. The van der Waals surface area contributed by atoms with Crippen molar-refractivity contribution in [3.05, 3.63) is 54.6 Å². The van der Waals surface area contributed by atoms with Crippen molar-refractivity contribution in [1.82, 2.24) is 9.88 Å². The summed E-state index contributed by atoms with van der Waals surface area (Å²) in [5.41, 5.74) is 0.671. The van der Waals surface area contributed by atoms with Crippen molar-refractivity contribution < 1.29 is 22.3 Å². The first-order chi connectivity index (χ1) is 16.1. The highest BCUT2D eigenvalue weighted by molar-refractivity contribution is 7.91. The maximum absolute atomic E-state index is 13.3. The van der Waals surface area contributed by atoms with Crippen LogP contribution >= 0.6 is 0 Å². The Morgan fingerprint density at radius 3 is 2.48 bits per heavy atom. The van der Waals surface area contributed by atoms with Crippen molar-refractivity contribution in [3.8, 4) is 17.2 Å². The van der Waals surface area contributed by atoms with Crippen LogP contribution in [0.1, 0.15) is 13.3 Å². The summed E-state index contributed by atoms with van der Waals surface area (Å²) in [6.45, 7) is 7.27. The van der Waals surface area contributed by atoms with Gasteiger partial charge in [-0.25, -0.2) is 8.42 Å². The molecule has 8 nitrogen and oxygen atoms in total. The summed E-state index contributed by atoms with van der Waals surface area (Å²) in [6.07, 6.45) is 0.837. The number of nitrogens with one attached hydrogen (secondary N) is 1. The summed E-state index contributed by atoms with van der Waals surface area (Å²) in [4.78, 5) is 6.89. The van der Waals surface area contributed by atoms with E-state index in [1.165, 1.54) is 0 Å². The SMILES string of the molecule is CCOc1ccc(-c2nc(S(=O)(=O)c3ccccc3)c(NCCCN3CCOCC3)o2)cc1. The monoisotopic (exact) mass is 471 g/mol. The molecule has 3 aromatic rings. The van der Waals surface area contributed by atoms with Crippen molar-refractivity contribution in [1.29, 1.82) is 0 Å². The minimum atomic E-state index is -3.85. The van der Waals surface area contributed by atoms with Crippen LogP contribution in [0.15, 0.2) is 68.9 Å². The molecule has 176 valence electrons. The summed E-state index contributed by atoms with van der Waals surface area (Å²) < 4.78 is 43.4. The Hall–Kier alpha value is -2.88. The number of hydrogen-bond donors (Lipinski definition) is 1. The molecule has 1 fully saturated rings. The molecule has 0 saturated carbocycles. The first kappa shape index (κ1) is 23.3. The highest BCUT2D eigenvalue weighted by atomic mass is 32.2. The molecule has 1 N–H and O–H groups in total. The third-order valence-electron chi connectivity index (χ3n) is 5.36. The van der Waals surface area contributed by atoms with Crippen LogP contribution in [0, 0.1) is 0 Å². The van der Waals surface area contributed by atoms with Gasteiger partial charge in [0.1, 0.15) is 5.75 Å². The number of benzene rings is 2. The Bertz CT molecular complexity index is 1120. The fourth-order valence-electron chi connectivity index (χ4n) is 3.62. The molecule has 0 radical (unpaired) electrons. The molecule has 2 heterocycles. The standard InChI is InChI=1S/C24H29N3O5S/c1-2-31-20-11-9-19(10-12-20)22-26-24(33(28,29)21-7-4-3-5-8-21)23(32-22)25-13-6-14-27-15-17-30-18-16-27/h3-5,7-12,25H,2,6,13-18H2,1H3. The zero-order valence-corrected chi connectivity index (χ0v) is 19.5. The number of nitrogens with zero attached hydrogens (tertiary/aromatic N) is 2. The zero-order chi connectivity index (χ0) is 23.1. The fraction of sp³-hybridized carbons (Fsp3) is 0.375. The number of anilines is 1. The normalized spacial score (nSPS) is 14.8. The van der Waals surface area contributed by atoms with Crippen LogP contribution in [0.5, 0.6) is 5.75 Å². The van der Waals surface area contributed by atoms with E-state index in [0.29, 0.717) is 18.7 Å². The van der Waals surface area contributed by atoms with E-state index < -0.39 is 9.84 Å². The van der Waals surface area contributed by atoms with Crippen LogP contribution in [0.4, 0.5) is 5.88 Å². The summed E-state index contributed by atoms with van der Waals surface area (Å²) in [7, 11) is -3.85. The lowest BCUT2D eigenvalue weighted by Gasteiger charge is -2.26. The minimum absolute atomic E-state index is 0.107. The largest absolute Gasteiger partial charge is 0.494 e. The van der Waals surface area contributed by atoms with Gasteiger partial charge < -0.3 is 19.2 Å². The molecule has 0 unspecified atom stereocenters. The molecule has 0 spiro atoms. The van der Waals surface area contributed by atoms with E-state index in [4.69, 9.17) is 13.9 Å². The molecule has 1 saturated heterocycles. The predicted molar refractivity (Wildman–Crippen MR) is 125 cm³/mol. The van der Waals surface area contributed by atoms with Crippen molar-refractivity contribution in [3.63, 3.8) is 0 Å². The maximum atomic E-state index is 13.3. The number of hydrogen-bond acceptors (Lipinski definition) is 8. The Morgan fingerprint density at radius 1 is 1.06 bits per heavy atom. The third kappa shape index (κ3) is 5.73. The van der Waals surface area contributed by atoms with Gasteiger partial charge in [0.2, 0.25) is 26.6 Å². The quantitative estimate of drug-likeness (QED) is 0.447. The van der Waals surface area contributed by atoms with Gasteiger partial charge in [-0.15, -0.1) is 0 Å². The van der Waals surface area contributed by atoms with Gasteiger partial charge in [0.25, 0.3) is 0 Å². The lowest BCUT2D eigenvalue weighted by Crippen LogP contribution is -2.37. The van der Waals surface area contributed by atoms with Gasteiger partial charge in [0.05, 0.1) is 24.7 Å². The lowest BCUT2D eigenvalue weighted by atomic mass is 10.2. The van der Waals surface area contributed by atoms with Gasteiger partial charge in [-0.2, -0.15) is 4.98 Å². The maximum Gasteiger partial charge on any atom is 0.233 e. The van der Waals surface area contributed by atoms with Gasteiger partial charge in [0.15, 0.2) is 0 Å². The molecule has 4 rings (SSSR count). The Balaban J connectivity index is 1.56. The summed E-state index contributed by atoms with van der Waals surface area (Å²) >= 11 is 0. The Morgan fingerprint density at radius 2 is 1.79 bits per heavy atom. The van der Waals surface area contributed by atoms with E-state index in [-0.39, 0.29) is 21.7 Å². The molecule has 33 heavy (non-hydrogen) atoms. The molecule has 0 atom stereocenters. The van der Waals surface area contributed by atoms with E-state index in [1.807, 2.05) is 19.1 Å². The lowest BCUT2D eigenvalue weighted by molar-refractivity contribution is 0.0378. The Kier molecular flexibility index (Phi) is 7.64. The first-order valence-electron chi connectivity index (χ1n) is 11.2. The Labute approximate surface area is 194 Å². The molecule has 9 heteroatoms. The van der Waals surface area contributed by atoms with E-state index in [2.05, 4.69) is 15.2 Å². The molecule has 1 aliphatic rings. The second-order valence-corrected chi connectivity index (χ2v) is 9.53. The van der Waals surface area contributed by atoms with Crippen LogP contribution < -0.4 is 10.1 Å². The van der Waals surface area contributed by atoms with Crippen molar-refractivity contribution in [2.75, 3.05) is 51.3 Å². The van der Waals surface area contributed by atoms with Crippen LogP contribution in [0.2, 0.25) is 0 Å². The minimum Gasteiger partial charge on any atom is -0.494 e. The summed E-state index contributed by atoms with van der Waals surface area (Å²) in [6, 6.07) is 15.5. The summed E-state index contributed by atoms with van der Waals surface area (Å²) in [5, 5.41) is 3.05. The van der Waals surface area contributed by atoms with Gasteiger partial charge >= 0.3 is 0 Å². The molecule has 2 aromatic carbocycles. The molecular formula is C24H29N3O5S. The average Bonchev–Trinajstić information content (AvgIpc) is 3.29. The van der Waals surface area contributed by atoms with Gasteiger partial charge in [-0.1, -0.05) is 18.2 Å². The number of aromatic nitrogens is 1. The second kappa shape index (κ2) is 10.8. The van der Waals surface area contributed by atoms with Crippen molar-refractivity contribution in [2.45, 2.75) is 23.3 Å². The number of morpholine rings is 1. The molecule has 1 aromatic heterocycles.